The molecule has 1 aromatic rings. The van der Waals surface area contributed by atoms with E-state index in [1.807, 2.05) is 7.05 Å². The highest BCUT2D eigenvalue weighted by atomic mass is 15.1. The summed E-state index contributed by atoms with van der Waals surface area (Å²) in [7, 11) is 4.19. The molecule has 0 unspecified atom stereocenters. The summed E-state index contributed by atoms with van der Waals surface area (Å²) < 4.78 is 2.35. The van der Waals surface area contributed by atoms with E-state index in [-0.39, 0.29) is 0 Å². The zero-order valence-corrected chi connectivity index (χ0v) is 11.4. The largest absolute Gasteiger partial charge is 0.335 e. The third kappa shape index (κ3) is 2.71. The molecule has 0 radical (unpaired) electrons. The number of hydrogen-bond acceptors (Lipinski definition) is 2. The third-order valence-corrected chi connectivity index (χ3v) is 4.01. The van der Waals surface area contributed by atoms with Crippen molar-refractivity contribution in [3.05, 3.63) is 17.2 Å². The minimum absolute atomic E-state index is 0.754. The van der Waals surface area contributed by atoms with Crippen molar-refractivity contribution >= 4 is 0 Å². The summed E-state index contributed by atoms with van der Waals surface area (Å²) >= 11 is 0. The Morgan fingerprint density at radius 2 is 2.00 bits per heavy atom. The van der Waals surface area contributed by atoms with Crippen LogP contribution in [0, 0.1) is 6.92 Å². The van der Waals surface area contributed by atoms with E-state index in [0.29, 0.717) is 0 Å². The number of nitrogens with zero attached hydrogens (tertiary/aromatic N) is 2. The molecule has 17 heavy (non-hydrogen) atoms. The Labute approximate surface area is 105 Å². The van der Waals surface area contributed by atoms with Crippen molar-refractivity contribution in [1.82, 2.24) is 14.9 Å². The Kier molecular flexibility index (Phi) is 4.21. The second-order valence-electron chi connectivity index (χ2n) is 5.25. The number of imidazole rings is 1. The van der Waals surface area contributed by atoms with Crippen molar-refractivity contribution in [2.45, 2.75) is 51.4 Å². The van der Waals surface area contributed by atoms with E-state index < -0.39 is 0 Å². The monoisotopic (exact) mass is 235 g/mol. The minimum atomic E-state index is 0.754. The maximum atomic E-state index is 4.75. The first-order valence-electron chi connectivity index (χ1n) is 6.90. The fraction of sp³-hybridized carbons (Fsp3) is 0.786. The van der Waals surface area contributed by atoms with E-state index in [1.54, 1.807) is 0 Å². The molecule has 0 aromatic carbocycles. The molecule has 1 N–H and O–H groups in total. The molecule has 1 saturated carbocycles. The number of hydrogen-bond donors (Lipinski definition) is 1. The normalized spacial score (nSPS) is 17.6. The van der Waals surface area contributed by atoms with Gasteiger partial charge in [-0.1, -0.05) is 19.3 Å². The first-order valence-corrected chi connectivity index (χ1v) is 6.90. The summed E-state index contributed by atoms with van der Waals surface area (Å²) in [4.78, 5) is 4.75. The lowest BCUT2D eigenvalue weighted by Gasteiger charge is -2.23. The summed E-state index contributed by atoms with van der Waals surface area (Å²) in [6.07, 6.45) is 7.93. The second-order valence-corrected chi connectivity index (χ2v) is 5.25. The molecular weight excluding hydrogens is 210 g/mol. The number of aryl methyl sites for hydroxylation is 1. The van der Waals surface area contributed by atoms with Crippen LogP contribution in [0.25, 0.3) is 0 Å². The summed E-state index contributed by atoms with van der Waals surface area (Å²) in [5, 5.41) is 3.20. The van der Waals surface area contributed by atoms with Crippen LogP contribution >= 0.6 is 0 Å². The molecule has 1 heterocycles. The summed E-state index contributed by atoms with van der Waals surface area (Å²) in [5.41, 5.74) is 2.75. The molecule has 3 heteroatoms. The van der Waals surface area contributed by atoms with Gasteiger partial charge in [0.2, 0.25) is 0 Å². The molecule has 96 valence electrons. The number of rotatable bonds is 4. The lowest BCUT2D eigenvalue weighted by atomic mass is 9.86. The van der Waals surface area contributed by atoms with Crippen LogP contribution in [0.5, 0.6) is 0 Å². The average molecular weight is 235 g/mol. The average Bonchev–Trinajstić information content (AvgIpc) is 2.63. The van der Waals surface area contributed by atoms with Gasteiger partial charge < -0.3 is 9.88 Å². The molecule has 1 aromatic heterocycles. The maximum Gasteiger partial charge on any atom is 0.110 e. The lowest BCUT2D eigenvalue weighted by molar-refractivity contribution is 0.426. The van der Waals surface area contributed by atoms with Crippen molar-refractivity contribution < 1.29 is 0 Å². The van der Waals surface area contributed by atoms with E-state index in [2.05, 4.69) is 23.9 Å². The zero-order valence-electron chi connectivity index (χ0n) is 11.4. The van der Waals surface area contributed by atoms with Gasteiger partial charge >= 0.3 is 0 Å². The highest BCUT2D eigenvalue weighted by molar-refractivity contribution is 5.21. The van der Waals surface area contributed by atoms with Gasteiger partial charge in [-0.15, -0.1) is 0 Å². The van der Waals surface area contributed by atoms with Gasteiger partial charge in [0.1, 0.15) is 5.82 Å². The fourth-order valence-corrected chi connectivity index (χ4v) is 3.11. The van der Waals surface area contributed by atoms with E-state index >= 15 is 0 Å². The number of nitrogens with one attached hydrogen (secondary N) is 1. The molecule has 1 aliphatic rings. The van der Waals surface area contributed by atoms with Gasteiger partial charge in [-0.05, 0) is 26.8 Å². The molecule has 0 spiro atoms. The van der Waals surface area contributed by atoms with Gasteiger partial charge in [-0.3, -0.25) is 0 Å². The van der Waals surface area contributed by atoms with E-state index in [1.165, 1.54) is 49.3 Å². The number of likely N-dealkylation sites (N-methyl/N-ethyl adjacent to an activating group) is 1. The van der Waals surface area contributed by atoms with E-state index in [9.17, 15) is 0 Å². The van der Waals surface area contributed by atoms with Crippen LogP contribution in [0.15, 0.2) is 0 Å². The summed E-state index contributed by atoms with van der Waals surface area (Å²) in [6, 6.07) is 0. The van der Waals surface area contributed by atoms with Crippen molar-refractivity contribution in [3.8, 4) is 0 Å². The van der Waals surface area contributed by atoms with Crippen LogP contribution in [0.4, 0.5) is 0 Å². The maximum absolute atomic E-state index is 4.75. The number of aromatic nitrogens is 2. The van der Waals surface area contributed by atoms with Crippen molar-refractivity contribution in [1.29, 1.82) is 0 Å². The topological polar surface area (TPSA) is 29.9 Å². The van der Waals surface area contributed by atoms with Crippen molar-refractivity contribution in [2.75, 3.05) is 13.6 Å². The van der Waals surface area contributed by atoms with Crippen LogP contribution in [-0.4, -0.2) is 23.1 Å². The van der Waals surface area contributed by atoms with Crippen LogP contribution in [0.3, 0.4) is 0 Å². The molecule has 1 aliphatic carbocycles. The molecule has 1 fully saturated rings. The summed E-state index contributed by atoms with van der Waals surface area (Å²) in [6.45, 7) is 3.18. The molecular formula is C14H25N3. The van der Waals surface area contributed by atoms with E-state index in [4.69, 9.17) is 4.98 Å². The van der Waals surface area contributed by atoms with Crippen LogP contribution in [0.1, 0.15) is 55.2 Å². The Hall–Kier alpha value is -0.830. The molecule has 0 atom stereocenters. The Bertz CT molecular complexity index is 362. The van der Waals surface area contributed by atoms with Crippen molar-refractivity contribution in [2.24, 2.45) is 7.05 Å². The quantitative estimate of drug-likeness (QED) is 0.869. The molecule has 0 aliphatic heterocycles. The molecule has 0 bridgehead atoms. The van der Waals surface area contributed by atoms with Crippen LogP contribution in [-0.2, 0) is 13.5 Å². The van der Waals surface area contributed by atoms with Crippen LogP contribution < -0.4 is 5.32 Å². The third-order valence-electron chi connectivity index (χ3n) is 4.01. The van der Waals surface area contributed by atoms with Gasteiger partial charge in [0.05, 0.1) is 5.69 Å². The summed E-state index contributed by atoms with van der Waals surface area (Å²) in [5.74, 6) is 1.99. The van der Waals surface area contributed by atoms with Gasteiger partial charge in [0, 0.05) is 31.6 Å². The molecule has 0 saturated heterocycles. The predicted molar refractivity (Wildman–Crippen MR) is 71.4 cm³/mol. The van der Waals surface area contributed by atoms with Crippen molar-refractivity contribution in [3.63, 3.8) is 0 Å². The van der Waals surface area contributed by atoms with Gasteiger partial charge in [-0.25, -0.2) is 4.98 Å². The van der Waals surface area contributed by atoms with Crippen LogP contribution in [0.2, 0.25) is 0 Å². The Balaban J connectivity index is 2.17. The minimum Gasteiger partial charge on any atom is -0.335 e. The van der Waals surface area contributed by atoms with Gasteiger partial charge in [-0.2, -0.15) is 0 Å². The highest BCUT2D eigenvalue weighted by Crippen LogP contribution is 2.34. The predicted octanol–water partition coefficient (Wildman–Crippen LogP) is 2.54. The van der Waals surface area contributed by atoms with Gasteiger partial charge in [0.25, 0.3) is 0 Å². The Morgan fingerprint density at radius 3 is 2.65 bits per heavy atom. The smallest absolute Gasteiger partial charge is 0.110 e. The first kappa shape index (κ1) is 12.6. The van der Waals surface area contributed by atoms with E-state index in [0.717, 1.165) is 18.9 Å². The molecule has 2 rings (SSSR count). The molecule has 3 nitrogen and oxygen atoms in total. The second kappa shape index (κ2) is 5.67. The lowest BCUT2D eigenvalue weighted by Crippen LogP contribution is -2.15. The SMILES string of the molecule is CNCCc1nc(C)c(C2CCCCC2)n1C. The molecule has 0 amide bonds. The zero-order chi connectivity index (χ0) is 12.3. The first-order chi connectivity index (χ1) is 8.24. The highest BCUT2D eigenvalue weighted by Gasteiger charge is 2.22. The standard InChI is InChI=1S/C14H25N3/c1-11-14(12-7-5-4-6-8-12)17(3)13(16-11)9-10-15-2/h12,15H,4-10H2,1-3H3. The van der Waals surface area contributed by atoms with Gasteiger partial charge in [0.15, 0.2) is 0 Å². The fourth-order valence-electron chi connectivity index (χ4n) is 3.11. The Morgan fingerprint density at radius 1 is 1.29 bits per heavy atom.